The van der Waals surface area contributed by atoms with Crippen molar-refractivity contribution in [3.8, 4) is 0 Å². The van der Waals surface area contributed by atoms with Crippen LogP contribution in [0.1, 0.15) is 22.5 Å². The lowest BCUT2D eigenvalue weighted by molar-refractivity contribution is 0.0765. The molecule has 0 radical (unpaired) electrons. The molecular weight excluding hydrogens is 392 g/mol. The summed E-state index contributed by atoms with van der Waals surface area (Å²) in [4.78, 5) is 19.6. The lowest BCUT2D eigenvalue weighted by Gasteiger charge is -2.26. The second-order valence-electron chi connectivity index (χ2n) is 6.26. The van der Waals surface area contributed by atoms with Crippen LogP contribution in [0.3, 0.4) is 0 Å². The zero-order valence-electron chi connectivity index (χ0n) is 15.0. The normalized spacial score (nSPS) is 13.9. The summed E-state index contributed by atoms with van der Waals surface area (Å²) >= 11 is 7.60. The Hall–Kier alpha value is -2.70. The number of nitrogens with zero attached hydrogens (tertiary/aromatic N) is 4. The Morgan fingerprint density at radius 3 is 2.64 bits per heavy atom. The zero-order chi connectivity index (χ0) is 19.3. The van der Waals surface area contributed by atoms with E-state index >= 15 is 0 Å². The predicted octanol–water partition coefficient (Wildman–Crippen LogP) is 4.61. The smallest absolute Gasteiger partial charge is 0.274 e. The lowest BCUT2D eigenvalue weighted by Crippen LogP contribution is -2.35. The number of amides is 1. The Morgan fingerprint density at radius 1 is 1.07 bits per heavy atom. The van der Waals surface area contributed by atoms with E-state index in [4.69, 9.17) is 11.6 Å². The number of aromatic nitrogens is 3. The van der Waals surface area contributed by atoms with E-state index in [0.29, 0.717) is 28.8 Å². The predicted molar refractivity (Wildman–Crippen MR) is 110 cm³/mol. The number of halogens is 1. The maximum Gasteiger partial charge on any atom is 0.274 e. The van der Waals surface area contributed by atoms with Gasteiger partial charge in [-0.25, -0.2) is 0 Å². The van der Waals surface area contributed by atoms with E-state index in [0.717, 1.165) is 16.9 Å². The summed E-state index contributed by atoms with van der Waals surface area (Å²) in [5, 5.41) is 9.66. The third kappa shape index (κ3) is 4.24. The number of hydrogen-bond acceptors (Lipinski definition) is 5. The second-order valence-corrected chi connectivity index (χ2v) is 7.73. The minimum absolute atomic E-state index is 0.108. The van der Waals surface area contributed by atoms with Gasteiger partial charge < -0.3 is 4.90 Å². The molecule has 1 amide bonds. The molecule has 140 valence electrons. The summed E-state index contributed by atoms with van der Waals surface area (Å²) in [6.07, 6.45) is 6.48. The molecule has 0 unspecified atom stereocenters. The molecule has 1 aromatic carbocycles. The van der Waals surface area contributed by atoms with Gasteiger partial charge in [0.1, 0.15) is 5.03 Å². The zero-order valence-corrected chi connectivity index (χ0v) is 16.5. The highest BCUT2D eigenvalue weighted by Gasteiger charge is 2.21. The molecule has 2 aromatic heterocycles. The Labute approximate surface area is 172 Å². The fraction of sp³-hybridized carbons (Fsp3) is 0.143. The molecule has 0 aliphatic carbocycles. The Kier molecular flexibility index (Phi) is 5.69. The van der Waals surface area contributed by atoms with Crippen molar-refractivity contribution in [3.05, 3.63) is 83.3 Å². The first-order valence-electron chi connectivity index (χ1n) is 8.85. The summed E-state index contributed by atoms with van der Waals surface area (Å²) in [5.74, 6) is -0.108. The van der Waals surface area contributed by atoms with Crippen molar-refractivity contribution in [1.29, 1.82) is 0 Å². The van der Waals surface area contributed by atoms with Gasteiger partial charge in [-0.1, -0.05) is 47.6 Å². The minimum Gasteiger partial charge on any atom is -0.333 e. The van der Waals surface area contributed by atoms with Gasteiger partial charge >= 0.3 is 0 Å². The van der Waals surface area contributed by atoms with Crippen molar-refractivity contribution in [2.75, 3.05) is 13.1 Å². The number of pyridine rings is 1. The van der Waals surface area contributed by atoms with Gasteiger partial charge in [0.2, 0.25) is 0 Å². The van der Waals surface area contributed by atoms with Crippen LogP contribution >= 0.6 is 23.4 Å². The van der Waals surface area contributed by atoms with E-state index in [1.54, 1.807) is 23.2 Å². The van der Waals surface area contributed by atoms with Crippen LogP contribution < -0.4 is 0 Å². The molecule has 1 aliphatic heterocycles. The SMILES string of the molecule is O=C(c1ccc(Sc2ccccc2Cl)nn1)N1CC=C(c2cccnc2)CC1. The molecular formula is C21H17ClN4OS. The van der Waals surface area contributed by atoms with Gasteiger partial charge in [0.15, 0.2) is 5.69 Å². The van der Waals surface area contributed by atoms with E-state index in [1.165, 1.54) is 17.3 Å². The van der Waals surface area contributed by atoms with Gasteiger partial charge in [0, 0.05) is 30.4 Å². The molecule has 0 atom stereocenters. The highest BCUT2D eigenvalue weighted by molar-refractivity contribution is 7.99. The quantitative estimate of drug-likeness (QED) is 0.631. The van der Waals surface area contributed by atoms with Crippen molar-refractivity contribution >= 4 is 34.8 Å². The average Bonchev–Trinajstić information content (AvgIpc) is 2.76. The Balaban J connectivity index is 1.42. The van der Waals surface area contributed by atoms with Gasteiger partial charge in [-0.3, -0.25) is 9.78 Å². The first-order valence-corrected chi connectivity index (χ1v) is 10.0. The van der Waals surface area contributed by atoms with Crippen LogP contribution in [0.2, 0.25) is 5.02 Å². The van der Waals surface area contributed by atoms with E-state index in [2.05, 4.69) is 21.3 Å². The number of hydrogen-bond donors (Lipinski definition) is 0. The molecule has 0 saturated heterocycles. The second kappa shape index (κ2) is 8.54. The summed E-state index contributed by atoms with van der Waals surface area (Å²) in [7, 11) is 0. The van der Waals surface area contributed by atoms with Crippen LogP contribution in [-0.2, 0) is 0 Å². The lowest BCUT2D eigenvalue weighted by atomic mass is 10.0. The molecule has 0 spiro atoms. The van der Waals surface area contributed by atoms with Crippen LogP contribution in [-0.4, -0.2) is 39.1 Å². The van der Waals surface area contributed by atoms with Crippen LogP contribution in [0.25, 0.3) is 5.57 Å². The monoisotopic (exact) mass is 408 g/mol. The minimum atomic E-state index is -0.108. The third-order valence-electron chi connectivity index (χ3n) is 4.44. The van der Waals surface area contributed by atoms with Crippen LogP contribution in [0.4, 0.5) is 0 Å². The standard InChI is InChI=1S/C21H17ClN4OS/c22-17-5-1-2-6-19(17)28-20-8-7-18(24-25-20)21(27)26-12-9-15(10-13-26)16-4-3-11-23-14-16/h1-9,11,14H,10,12-13H2. The maximum absolute atomic E-state index is 12.7. The fourth-order valence-electron chi connectivity index (χ4n) is 2.96. The fourth-order valence-corrected chi connectivity index (χ4v) is 3.97. The summed E-state index contributed by atoms with van der Waals surface area (Å²) < 4.78 is 0. The van der Waals surface area contributed by atoms with Gasteiger partial charge in [0.05, 0.1) is 5.02 Å². The number of carbonyl (C=O) groups is 1. The first-order chi connectivity index (χ1) is 13.7. The van der Waals surface area contributed by atoms with Gasteiger partial charge in [-0.15, -0.1) is 10.2 Å². The third-order valence-corrected chi connectivity index (χ3v) is 5.88. The number of benzene rings is 1. The topological polar surface area (TPSA) is 59.0 Å². The van der Waals surface area contributed by atoms with Crippen molar-refractivity contribution in [3.63, 3.8) is 0 Å². The molecule has 7 heteroatoms. The summed E-state index contributed by atoms with van der Waals surface area (Å²) in [6.45, 7) is 1.21. The average molecular weight is 409 g/mol. The van der Waals surface area contributed by atoms with Crippen molar-refractivity contribution in [2.24, 2.45) is 0 Å². The molecule has 0 fully saturated rings. The largest absolute Gasteiger partial charge is 0.333 e. The van der Waals surface area contributed by atoms with Crippen molar-refractivity contribution < 1.29 is 4.79 Å². The molecule has 1 aliphatic rings. The van der Waals surface area contributed by atoms with Crippen LogP contribution in [0, 0.1) is 0 Å². The number of rotatable bonds is 4. The molecule has 4 rings (SSSR count). The summed E-state index contributed by atoms with van der Waals surface area (Å²) in [5.41, 5.74) is 2.67. The molecule has 0 saturated carbocycles. The molecule has 0 N–H and O–H groups in total. The highest BCUT2D eigenvalue weighted by Crippen LogP contribution is 2.31. The maximum atomic E-state index is 12.7. The molecule has 3 aromatic rings. The summed E-state index contributed by atoms with van der Waals surface area (Å²) in [6, 6.07) is 15.0. The Morgan fingerprint density at radius 2 is 1.96 bits per heavy atom. The first kappa shape index (κ1) is 18.7. The van der Waals surface area contributed by atoms with Gasteiger partial charge in [-0.05, 0) is 47.9 Å². The van der Waals surface area contributed by atoms with Crippen molar-refractivity contribution in [2.45, 2.75) is 16.3 Å². The Bertz CT molecular complexity index is 1010. The molecule has 28 heavy (non-hydrogen) atoms. The van der Waals surface area contributed by atoms with E-state index < -0.39 is 0 Å². The van der Waals surface area contributed by atoms with Gasteiger partial charge in [0.25, 0.3) is 5.91 Å². The molecule has 0 bridgehead atoms. The highest BCUT2D eigenvalue weighted by atomic mass is 35.5. The van der Waals surface area contributed by atoms with E-state index in [9.17, 15) is 4.79 Å². The van der Waals surface area contributed by atoms with Crippen LogP contribution in [0.5, 0.6) is 0 Å². The van der Waals surface area contributed by atoms with E-state index in [1.807, 2.05) is 42.6 Å². The molecule has 5 nitrogen and oxygen atoms in total. The van der Waals surface area contributed by atoms with Gasteiger partial charge in [-0.2, -0.15) is 0 Å². The van der Waals surface area contributed by atoms with Crippen LogP contribution in [0.15, 0.2) is 76.9 Å². The number of carbonyl (C=O) groups excluding carboxylic acids is 1. The molecule has 3 heterocycles. The van der Waals surface area contributed by atoms with E-state index in [-0.39, 0.29) is 5.91 Å². The van der Waals surface area contributed by atoms with Crippen molar-refractivity contribution in [1.82, 2.24) is 20.1 Å².